The highest BCUT2D eigenvalue weighted by Crippen LogP contribution is 2.14. The predicted octanol–water partition coefficient (Wildman–Crippen LogP) is -1.29. The molecule has 1 fully saturated rings. The molecule has 0 amide bonds. The average molecular weight is 345 g/mol. The first-order valence-electron chi connectivity index (χ1n) is 6.81. The highest BCUT2D eigenvalue weighted by molar-refractivity contribution is 8.03. The van der Waals surface area contributed by atoms with E-state index in [1.807, 2.05) is 0 Å². The lowest BCUT2D eigenvalue weighted by molar-refractivity contribution is 0.258. The zero-order chi connectivity index (χ0) is 15.9. The van der Waals surface area contributed by atoms with Crippen molar-refractivity contribution in [2.24, 2.45) is 0 Å². The molecule has 11 heteroatoms. The van der Waals surface area contributed by atoms with E-state index in [-0.39, 0.29) is 13.1 Å². The van der Waals surface area contributed by atoms with Crippen molar-refractivity contribution in [3.8, 4) is 0 Å². The largest absolute Gasteiger partial charge is 0.317 e. The van der Waals surface area contributed by atoms with Gasteiger partial charge < -0.3 is 10.6 Å². The van der Waals surface area contributed by atoms with Crippen LogP contribution in [0, 0.1) is 0 Å². The first-order valence-corrected chi connectivity index (χ1v) is 9.81. The van der Waals surface area contributed by atoms with Crippen LogP contribution in [0.1, 0.15) is 19.3 Å². The Kier molecular flexibility index (Phi) is 7.47. The molecule has 0 bridgehead atoms. The molecule has 1 aliphatic rings. The van der Waals surface area contributed by atoms with Crippen LogP contribution in [-0.2, 0) is 20.2 Å². The van der Waals surface area contributed by atoms with Gasteiger partial charge in [0.15, 0.2) is 0 Å². The molecule has 0 aromatic heterocycles. The minimum Gasteiger partial charge on any atom is -0.317 e. The van der Waals surface area contributed by atoms with Crippen molar-refractivity contribution in [3.05, 3.63) is 0 Å². The highest BCUT2D eigenvalue weighted by Gasteiger charge is 2.40. The molecule has 0 aromatic rings. The Balaban J connectivity index is 2.85. The van der Waals surface area contributed by atoms with Crippen LogP contribution in [0.15, 0.2) is 0 Å². The molecule has 1 aliphatic heterocycles. The maximum absolute atomic E-state index is 11.3. The SMILES string of the molecule is O=S(=O)(O)C(N1CCCNCCCNCCC1)S(=O)(=O)O. The lowest BCUT2D eigenvalue weighted by atomic mass is 10.3. The molecule has 0 radical (unpaired) electrons. The van der Waals surface area contributed by atoms with Crippen molar-refractivity contribution in [2.45, 2.75) is 24.0 Å². The molecule has 0 unspecified atom stereocenters. The van der Waals surface area contributed by atoms with Gasteiger partial charge in [-0.25, -0.2) is 0 Å². The fourth-order valence-corrected chi connectivity index (χ4v) is 4.66. The van der Waals surface area contributed by atoms with Crippen molar-refractivity contribution in [1.29, 1.82) is 0 Å². The fourth-order valence-electron chi connectivity index (χ4n) is 2.26. The standard InChI is InChI=1S/C10H23N3O6S2/c14-20(15,16)10(21(17,18)19)13-8-2-6-11-4-1-5-12-7-3-9-13/h10-12H,1-9H2,(H,14,15,16)(H,17,18,19). The third-order valence-electron chi connectivity index (χ3n) is 3.11. The van der Waals surface area contributed by atoms with Gasteiger partial charge in [0.25, 0.3) is 24.9 Å². The summed E-state index contributed by atoms with van der Waals surface area (Å²) in [6.45, 7) is 3.09. The van der Waals surface area contributed by atoms with Gasteiger partial charge in [-0.2, -0.15) is 16.8 Å². The summed E-state index contributed by atoms with van der Waals surface area (Å²) in [5, 5.41) is 6.30. The highest BCUT2D eigenvalue weighted by atomic mass is 32.3. The first kappa shape index (κ1) is 18.7. The third kappa shape index (κ3) is 7.00. The summed E-state index contributed by atoms with van der Waals surface area (Å²) in [6.07, 6.45) is 1.99. The van der Waals surface area contributed by atoms with Crippen LogP contribution in [0.5, 0.6) is 0 Å². The molecule has 9 nitrogen and oxygen atoms in total. The topological polar surface area (TPSA) is 136 Å². The van der Waals surface area contributed by atoms with Gasteiger partial charge in [0.2, 0.25) is 0 Å². The van der Waals surface area contributed by atoms with E-state index in [0.29, 0.717) is 25.9 Å². The average Bonchev–Trinajstić information content (AvgIpc) is 2.29. The Labute approximate surface area is 125 Å². The van der Waals surface area contributed by atoms with Crippen molar-refractivity contribution >= 4 is 20.2 Å². The number of hydrogen-bond donors (Lipinski definition) is 4. The van der Waals surface area contributed by atoms with Crippen molar-refractivity contribution in [1.82, 2.24) is 15.5 Å². The third-order valence-corrected chi connectivity index (χ3v) is 6.19. The summed E-state index contributed by atoms with van der Waals surface area (Å²) >= 11 is 0. The Hall–Kier alpha value is -0.300. The van der Waals surface area contributed by atoms with Gasteiger partial charge >= 0.3 is 0 Å². The molecule has 0 saturated carbocycles. The molecule has 0 aliphatic carbocycles. The molecular weight excluding hydrogens is 322 g/mol. The second-order valence-electron chi connectivity index (χ2n) is 4.93. The Morgan fingerprint density at radius 3 is 1.52 bits per heavy atom. The van der Waals surface area contributed by atoms with Crippen molar-refractivity contribution in [3.63, 3.8) is 0 Å². The van der Waals surface area contributed by atoms with Gasteiger partial charge in [-0.05, 0) is 45.4 Å². The van der Waals surface area contributed by atoms with E-state index in [2.05, 4.69) is 10.6 Å². The fraction of sp³-hybridized carbons (Fsp3) is 1.00. The van der Waals surface area contributed by atoms with E-state index in [0.717, 1.165) is 24.4 Å². The van der Waals surface area contributed by atoms with E-state index in [9.17, 15) is 16.8 Å². The summed E-state index contributed by atoms with van der Waals surface area (Å²) in [7, 11) is -9.88. The van der Waals surface area contributed by atoms with E-state index in [1.165, 1.54) is 0 Å². The molecule has 1 saturated heterocycles. The molecule has 126 valence electrons. The number of hydrogen-bond acceptors (Lipinski definition) is 7. The van der Waals surface area contributed by atoms with Gasteiger partial charge in [-0.3, -0.25) is 14.0 Å². The van der Waals surface area contributed by atoms with E-state index >= 15 is 0 Å². The summed E-state index contributed by atoms with van der Waals surface area (Å²) < 4.78 is 61.1. The van der Waals surface area contributed by atoms with Crippen LogP contribution in [0.4, 0.5) is 0 Å². The van der Waals surface area contributed by atoms with Crippen LogP contribution < -0.4 is 10.6 Å². The van der Waals surface area contributed by atoms with Crippen LogP contribution in [-0.4, -0.2) is 74.8 Å². The monoisotopic (exact) mass is 345 g/mol. The quantitative estimate of drug-likeness (QED) is 0.461. The Morgan fingerprint density at radius 2 is 1.14 bits per heavy atom. The second-order valence-corrected chi connectivity index (χ2v) is 8.18. The van der Waals surface area contributed by atoms with Gasteiger partial charge in [0, 0.05) is 13.1 Å². The van der Waals surface area contributed by atoms with Gasteiger partial charge in [-0.15, -0.1) is 0 Å². The minimum atomic E-state index is -4.94. The van der Waals surface area contributed by atoms with Gasteiger partial charge in [0.1, 0.15) is 0 Å². The normalized spacial score (nSPS) is 21.7. The lowest BCUT2D eigenvalue weighted by Gasteiger charge is -2.27. The lowest BCUT2D eigenvalue weighted by Crippen LogP contribution is -2.48. The maximum atomic E-state index is 11.3. The minimum absolute atomic E-state index is 0.136. The molecule has 0 spiro atoms. The van der Waals surface area contributed by atoms with Gasteiger partial charge in [0.05, 0.1) is 0 Å². The molecule has 0 aromatic carbocycles. The molecule has 0 atom stereocenters. The van der Waals surface area contributed by atoms with E-state index in [4.69, 9.17) is 9.11 Å². The van der Waals surface area contributed by atoms with Crippen LogP contribution in [0.25, 0.3) is 0 Å². The zero-order valence-electron chi connectivity index (χ0n) is 11.7. The predicted molar refractivity (Wildman–Crippen MR) is 78.0 cm³/mol. The van der Waals surface area contributed by atoms with Crippen molar-refractivity contribution in [2.75, 3.05) is 39.3 Å². The Bertz CT molecular complexity index is 463. The molecule has 1 heterocycles. The first-order chi connectivity index (χ1) is 9.73. The second kappa shape index (κ2) is 8.36. The molecule has 4 N–H and O–H groups in total. The number of nitrogens with one attached hydrogen (secondary N) is 2. The Morgan fingerprint density at radius 1 is 0.762 bits per heavy atom. The van der Waals surface area contributed by atoms with Crippen LogP contribution in [0.3, 0.4) is 0 Å². The summed E-state index contributed by atoms with van der Waals surface area (Å²) in [5.41, 5.74) is 0. The number of rotatable bonds is 3. The summed E-state index contributed by atoms with van der Waals surface area (Å²) in [4.78, 5) is 1.08. The molecular formula is C10H23N3O6S2. The zero-order valence-corrected chi connectivity index (χ0v) is 13.4. The smallest absolute Gasteiger partial charge is 0.298 e. The van der Waals surface area contributed by atoms with E-state index in [1.54, 1.807) is 0 Å². The van der Waals surface area contributed by atoms with Crippen molar-refractivity contribution < 1.29 is 25.9 Å². The van der Waals surface area contributed by atoms with Crippen LogP contribution >= 0.6 is 0 Å². The summed E-state index contributed by atoms with van der Waals surface area (Å²) in [6, 6.07) is 0. The maximum Gasteiger partial charge on any atom is 0.298 e. The van der Waals surface area contributed by atoms with E-state index < -0.39 is 24.9 Å². The number of nitrogens with zero attached hydrogens (tertiary/aromatic N) is 1. The molecule has 21 heavy (non-hydrogen) atoms. The summed E-state index contributed by atoms with van der Waals surface area (Å²) in [5.74, 6) is 0. The molecule has 1 rings (SSSR count). The van der Waals surface area contributed by atoms with Crippen LogP contribution in [0.2, 0.25) is 0 Å². The van der Waals surface area contributed by atoms with Gasteiger partial charge in [-0.1, -0.05) is 0 Å².